The molecule has 0 unspecified atom stereocenters. The maximum absolute atomic E-state index is 13.9. The first-order chi connectivity index (χ1) is 21.1. The highest BCUT2D eigenvalue weighted by Crippen LogP contribution is 2.45. The third kappa shape index (κ3) is 7.78. The zero-order valence-electron chi connectivity index (χ0n) is 24.6. The molecule has 2 atom stereocenters. The molecular formula is C29H31F4N4O7P. The SMILES string of the molecule is CCOC(=O)[C@H](C)N[P@](=O)(CCN(C)C(=O)c1c2c(c(O)c3ncccc13)C(=O)N(Cc1ccc(F)cc1)C2)OCC(F)(F)F. The number of carbonyl (C=O) groups is 3. The van der Waals surface area contributed by atoms with E-state index >= 15 is 0 Å². The molecule has 2 amide bonds. The monoisotopic (exact) mass is 654 g/mol. The van der Waals surface area contributed by atoms with E-state index < -0.39 is 61.9 Å². The predicted octanol–water partition coefficient (Wildman–Crippen LogP) is 4.62. The molecule has 0 bridgehead atoms. The van der Waals surface area contributed by atoms with Crippen LogP contribution in [0.3, 0.4) is 0 Å². The van der Waals surface area contributed by atoms with Crippen LogP contribution in [0.5, 0.6) is 5.75 Å². The number of benzene rings is 2. The first-order valence-corrected chi connectivity index (χ1v) is 15.6. The average molecular weight is 655 g/mol. The van der Waals surface area contributed by atoms with E-state index in [0.717, 1.165) is 4.90 Å². The van der Waals surface area contributed by atoms with Crippen molar-refractivity contribution >= 4 is 36.2 Å². The highest BCUT2D eigenvalue weighted by Gasteiger charge is 2.39. The molecule has 0 radical (unpaired) electrons. The van der Waals surface area contributed by atoms with Gasteiger partial charge in [-0.3, -0.25) is 23.9 Å². The second-order valence-electron chi connectivity index (χ2n) is 10.4. The van der Waals surface area contributed by atoms with Gasteiger partial charge in [0.2, 0.25) is 0 Å². The van der Waals surface area contributed by atoms with Gasteiger partial charge in [0.25, 0.3) is 19.3 Å². The topological polar surface area (TPSA) is 138 Å². The lowest BCUT2D eigenvalue weighted by atomic mass is 9.95. The van der Waals surface area contributed by atoms with Gasteiger partial charge in [0.15, 0.2) is 12.4 Å². The molecule has 45 heavy (non-hydrogen) atoms. The molecule has 0 aliphatic carbocycles. The summed E-state index contributed by atoms with van der Waals surface area (Å²) in [7, 11) is -3.06. The number of nitrogens with zero attached hydrogens (tertiary/aromatic N) is 3. The number of aromatic hydroxyl groups is 1. The second-order valence-corrected chi connectivity index (χ2v) is 12.7. The van der Waals surface area contributed by atoms with Crippen molar-refractivity contribution in [2.45, 2.75) is 39.2 Å². The molecule has 1 aromatic heterocycles. The van der Waals surface area contributed by atoms with Gasteiger partial charge < -0.3 is 24.2 Å². The number of nitrogens with one attached hydrogen (secondary N) is 1. The lowest BCUT2D eigenvalue weighted by Crippen LogP contribution is -2.37. The van der Waals surface area contributed by atoms with Crippen LogP contribution in [0.25, 0.3) is 10.9 Å². The number of amides is 2. The van der Waals surface area contributed by atoms with Gasteiger partial charge in [-0.15, -0.1) is 0 Å². The Labute approximate surface area is 255 Å². The number of halogens is 4. The maximum Gasteiger partial charge on any atom is 0.412 e. The quantitative estimate of drug-likeness (QED) is 0.163. The fraction of sp³-hybridized carbons (Fsp3) is 0.379. The van der Waals surface area contributed by atoms with E-state index in [0.29, 0.717) is 5.56 Å². The van der Waals surface area contributed by atoms with Gasteiger partial charge in [0.1, 0.15) is 17.4 Å². The Morgan fingerprint density at radius 1 is 1.22 bits per heavy atom. The zero-order chi connectivity index (χ0) is 33.1. The number of fused-ring (bicyclic) bond motifs is 2. The van der Waals surface area contributed by atoms with Gasteiger partial charge in [0.05, 0.1) is 23.9 Å². The number of esters is 1. The van der Waals surface area contributed by atoms with Crippen molar-refractivity contribution in [3.05, 3.63) is 70.7 Å². The fourth-order valence-electron chi connectivity index (χ4n) is 4.87. The molecule has 0 saturated carbocycles. The summed E-state index contributed by atoms with van der Waals surface area (Å²) in [5, 5.41) is 13.6. The highest BCUT2D eigenvalue weighted by molar-refractivity contribution is 7.57. The van der Waals surface area contributed by atoms with E-state index in [2.05, 4.69) is 10.1 Å². The molecule has 242 valence electrons. The van der Waals surface area contributed by atoms with Gasteiger partial charge in [-0.05, 0) is 37.6 Å². The average Bonchev–Trinajstić information content (AvgIpc) is 3.31. The number of aromatic nitrogens is 1. The van der Waals surface area contributed by atoms with E-state index in [-0.39, 0.29) is 53.8 Å². The maximum atomic E-state index is 13.9. The molecule has 0 saturated heterocycles. The molecule has 11 nitrogen and oxygen atoms in total. The minimum Gasteiger partial charge on any atom is -0.505 e. The van der Waals surface area contributed by atoms with E-state index in [1.807, 2.05) is 0 Å². The van der Waals surface area contributed by atoms with Gasteiger partial charge in [-0.25, -0.2) is 9.48 Å². The molecule has 1 aliphatic rings. The molecular weight excluding hydrogens is 623 g/mol. The summed E-state index contributed by atoms with van der Waals surface area (Å²) in [4.78, 5) is 46.1. The van der Waals surface area contributed by atoms with Gasteiger partial charge in [0, 0.05) is 43.8 Å². The Kier molecular flexibility index (Phi) is 10.2. The molecule has 2 heterocycles. The fourth-order valence-corrected chi connectivity index (χ4v) is 6.82. The van der Waals surface area contributed by atoms with Crippen molar-refractivity contribution in [3.8, 4) is 5.75 Å². The summed E-state index contributed by atoms with van der Waals surface area (Å²) < 4.78 is 75.4. The molecule has 2 N–H and O–H groups in total. The minimum absolute atomic E-state index is 0.0145. The van der Waals surface area contributed by atoms with E-state index in [1.165, 1.54) is 68.4 Å². The standard InChI is InChI=1S/C29H31F4N4O7P/c1-4-43-28(41)17(2)35-45(42,44-16-29(31,32)33)13-12-36(3)26(39)22-20-6-5-11-34-24(20)25(38)23-21(22)15-37(27(23)40)14-18-7-9-19(30)10-8-18/h5-11,17,38H,4,12-16H2,1-3H3,(H,35,42)/t17-,45-/m0/s1. The van der Waals surface area contributed by atoms with E-state index in [1.54, 1.807) is 0 Å². The minimum atomic E-state index is -4.82. The van der Waals surface area contributed by atoms with Crippen molar-refractivity contribution in [1.29, 1.82) is 0 Å². The highest BCUT2D eigenvalue weighted by atomic mass is 31.2. The number of hydrogen-bond donors (Lipinski definition) is 2. The van der Waals surface area contributed by atoms with Crippen molar-refractivity contribution in [3.63, 3.8) is 0 Å². The number of rotatable bonds is 12. The third-order valence-corrected chi connectivity index (χ3v) is 9.15. The van der Waals surface area contributed by atoms with Crippen molar-refractivity contribution in [1.82, 2.24) is 19.9 Å². The third-order valence-electron chi connectivity index (χ3n) is 7.04. The summed E-state index contributed by atoms with van der Waals surface area (Å²) in [5.74, 6) is -3.01. The van der Waals surface area contributed by atoms with Crippen LogP contribution >= 0.6 is 7.52 Å². The Morgan fingerprint density at radius 2 is 1.91 bits per heavy atom. The van der Waals surface area contributed by atoms with Crippen molar-refractivity contribution in [2.75, 3.05) is 33.0 Å². The second kappa shape index (κ2) is 13.5. The Morgan fingerprint density at radius 3 is 2.56 bits per heavy atom. The van der Waals surface area contributed by atoms with Gasteiger partial charge >= 0.3 is 12.1 Å². The number of phenols is 1. The number of pyridine rings is 1. The van der Waals surface area contributed by atoms with Crippen LogP contribution in [0, 0.1) is 5.82 Å². The Hall–Kier alpha value is -4.07. The van der Waals surface area contributed by atoms with Crippen LogP contribution < -0.4 is 5.09 Å². The first kappa shape index (κ1) is 33.8. The number of alkyl halides is 3. The number of ether oxygens (including phenoxy) is 1. The summed E-state index contributed by atoms with van der Waals surface area (Å²) in [5.41, 5.74) is 0.659. The van der Waals surface area contributed by atoms with Crippen molar-refractivity contribution in [2.24, 2.45) is 0 Å². The molecule has 16 heteroatoms. The Balaban J connectivity index is 1.63. The molecule has 3 aromatic rings. The smallest absolute Gasteiger partial charge is 0.412 e. The lowest BCUT2D eigenvalue weighted by molar-refractivity contribution is -0.153. The van der Waals surface area contributed by atoms with Crippen LogP contribution in [-0.2, 0) is 31.7 Å². The lowest BCUT2D eigenvalue weighted by Gasteiger charge is -2.26. The molecule has 2 aromatic carbocycles. The summed E-state index contributed by atoms with van der Waals surface area (Å²) in [6, 6.07) is 7.25. The van der Waals surface area contributed by atoms with Crippen LogP contribution in [0.2, 0.25) is 0 Å². The summed E-state index contributed by atoms with van der Waals surface area (Å²) >= 11 is 0. The molecule has 0 fully saturated rings. The predicted molar refractivity (Wildman–Crippen MR) is 154 cm³/mol. The van der Waals surface area contributed by atoms with Crippen molar-refractivity contribution < 1.29 is 50.9 Å². The number of hydrogen-bond acceptors (Lipinski definition) is 8. The number of phenolic OH excluding ortho intramolecular Hbond substituents is 1. The zero-order valence-corrected chi connectivity index (χ0v) is 25.5. The summed E-state index contributed by atoms with van der Waals surface area (Å²) in [6.45, 7) is 0.470. The van der Waals surface area contributed by atoms with Crippen LogP contribution in [0.4, 0.5) is 17.6 Å². The first-order valence-electron chi connectivity index (χ1n) is 13.8. The number of carbonyl (C=O) groups excluding carboxylic acids is 3. The largest absolute Gasteiger partial charge is 0.505 e. The normalized spacial score (nSPS) is 15.1. The van der Waals surface area contributed by atoms with Crippen LogP contribution in [0.1, 0.15) is 45.7 Å². The van der Waals surface area contributed by atoms with Gasteiger partial charge in [-0.1, -0.05) is 18.2 Å². The van der Waals surface area contributed by atoms with Crippen LogP contribution in [0.15, 0.2) is 42.6 Å². The molecule has 1 aliphatic heterocycles. The molecule has 0 spiro atoms. The Bertz CT molecular complexity index is 1650. The molecule has 4 rings (SSSR count). The van der Waals surface area contributed by atoms with E-state index in [4.69, 9.17) is 9.26 Å². The van der Waals surface area contributed by atoms with E-state index in [9.17, 15) is 41.6 Å². The van der Waals surface area contributed by atoms with Crippen LogP contribution in [-0.4, -0.2) is 82.9 Å². The van der Waals surface area contributed by atoms with Gasteiger partial charge in [-0.2, -0.15) is 13.2 Å². The summed E-state index contributed by atoms with van der Waals surface area (Å²) in [6.07, 6.45) is -4.06.